The highest BCUT2D eigenvalue weighted by atomic mass is 35.5. The summed E-state index contributed by atoms with van der Waals surface area (Å²) in [5.41, 5.74) is -0.739. The van der Waals surface area contributed by atoms with Crippen LogP contribution in [-0.4, -0.2) is 23.2 Å². The van der Waals surface area contributed by atoms with E-state index in [1.54, 1.807) is 6.07 Å². The fourth-order valence-corrected chi connectivity index (χ4v) is 5.44. The van der Waals surface area contributed by atoms with Crippen LogP contribution in [0.25, 0.3) is 0 Å². The van der Waals surface area contributed by atoms with Crippen molar-refractivity contribution in [2.45, 2.75) is 4.75 Å². The molecule has 0 bridgehead atoms. The Morgan fingerprint density at radius 1 is 0.793 bits per heavy atom. The molecule has 3 N–H and O–H groups in total. The second kappa shape index (κ2) is 7.87. The molecule has 0 spiro atoms. The fraction of sp³-hybridized carbons (Fsp3) is 0.0526. The monoisotopic (exact) mass is 492 g/mol. The van der Waals surface area contributed by atoms with Gasteiger partial charge in [-0.25, -0.2) is 0 Å². The molecular weight excluding hydrogens is 482 g/mol. The first kappa shape index (κ1) is 22.0. The number of aromatic hydroxyl groups is 2. The summed E-state index contributed by atoms with van der Waals surface area (Å²) in [6.45, 7) is 0. The average molecular weight is 494 g/mol. The third kappa shape index (κ3) is 3.65. The van der Waals surface area contributed by atoms with Gasteiger partial charge < -0.3 is 10.2 Å². The zero-order valence-electron chi connectivity index (χ0n) is 14.3. The van der Waals surface area contributed by atoms with Gasteiger partial charge in [0.25, 0.3) is 10.1 Å². The number of hydrogen-bond acceptors (Lipinski definition) is 4. The lowest BCUT2D eigenvalue weighted by atomic mass is 9.83. The highest BCUT2D eigenvalue weighted by Crippen LogP contribution is 2.54. The van der Waals surface area contributed by atoms with Crippen molar-refractivity contribution in [3.8, 4) is 11.5 Å². The number of phenols is 2. The van der Waals surface area contributed by atoms with Gasteiger partial charge in [0.1, 0.15) is 16.5 Å². The van der Waals surface area contributed by atoms with Gasteiger partial charge in [-0.2, -0.15) is 8.42 Å². The minimum atomic E-state index is -5.13. The summed E-state index contributed by atoms with van der Waals surface area (Å²) in [6.07, 6.45) is 0. The van der Waals surface area contributed by atoms with Gasteiger partial charge >= 0.3 is 0 Å². The number of rotatable bonds is 4. The Balaban J connectivity index is 2.65. The maximum absolute atomic E-state index is 12.9. The molecule has 1 unspecified atom stereocenters. The third-order valence-corrected chi connectivity index (χ3v) is 7.03. The first-order chi connectivity index (χ1) is 13.5. The van der Waals surface area contributed by atoms with Crippen LogP contribution in [0, 0.1) is 0 Å². The van der Waals surface area contributed by atoms with Crippen LogP contribution in [0.1, 0.15) is 16.7 Å². The van der Waals surface area contributed by atoms with Gasteiger partial charge in [-0.3, -0.25) is 4.55 Å². The van der Waals surface area contributed by atoms with E-state index < -0.39 is 37.0 Å². The van der Waals surface area contributed by atoms with Crippen LogP contribution in [0.5, 0.6) is 11.5 Å². The molecule has 0 aliphatic heterocycles. The van der Waals surface area contributed by atoms with E-state index in [0.29, 0.717) is 0 Å². The van der Waals surface area contributed by atoms with Crippen molar-refractivity contribution in [1.29, 1.82) is 0 Å². The van der Waals surface area contributed by atoms with Crippen molar-refractivity contribution in [1.82, 2.24) is 0 Å². The van der Waals surface area contributed by atoms with E-state index in [9.17, 15) is 23.2 Å². The molecule has 0 aliphatic rings. The van der Waals surface area contributed by atoms with Gasteiger partial charge in [-0.1, -0.05) is 76.7 Å². The van der Waals surface area contributed by atoms with Crippen molar-refractivity contribution < 1.29 is 23.2 Å². The summed E-state index contributed by atoms with van der Waals surface area (Å²) in [6, 6.07) is 12.3. The first-order valence-electron chi connectivity index (χ1n) is 7.89. The summed E-state index contributed by atoms with van der Waals surface area (Å²) in [4.78, 5) is 0. The number of phenolic OH excluding ortho intramolecular Hbond substituents is 2. The molecule has 0 heterocycles. The van der Waals surface area contributed by atoms with Crippen molar-refractivity contribution in [2.24, 2.45) is 0 Å². The smallest absolute Gasteiger partial charge is 0.283 e. The quantitative estimate of drug-likeness (QED) is 0.311. The standard InChI is InChI=1S/C19H12Cl4O5S/c20-12-6-11(7-13(21)8-12)19(29(26,27)28,10-4-2-1-3-5-10)16-15(24)9-14(22)17(23)18(16)25/h1-9,24-25H,(H,26,27,28). The Hall–Kier alpha value is -1.67. The molecule has 0 amide bonds. The Bertz CT molecular complexity index is 1180. The zero-order valence-corrected chi connectivity index (χ0v) is 18.1. The zero-order chi connectivity index (χ0) is 21.6. The predicted octanol–water partition coefficient (Wildman–Crippen LogP) is 5.89. The summed E-state index contributed by atoms with van der Waals surface area (Å²) in [5.74, 6) is -1.54. The van der Waals surface area contributed by atoms with Crippen LogP contribution in [0.3, 0.4) is 0 Å². The molecule has 0 saturated heterocycles. The first-order valence-corrected chi connectivity index (χ1v) is 10.8. The molecule has 1 atom stereocenters. The summed E-state index contributed by atoms with van der Waals surface area (Å²) in [5, 5.41) is 20.8. The molecule has 3 aromatic carbocycles. The van der Waals surface area contributed by atoms with E-state index in [2.05, 4.69) is 0 Å². The fourth-order valence-electron chi connectivity index (χ4n) is 3.26. The van der Waals surface area contributed by atoms with Gasteiger partial charge in [0, 0.05) is 16.1 Å². The van der Waals surface area contributed by atoms with E-state index in [0.717, 1.165) is 6.07 Å². The molecule has 0 aromatic heterocycles. The van der Waals surface area contributed by atoms with Crippen LogP contribution >= 0.6 is 46.4 Å². The third-order valence-electron chi connectivity index (χ3n) is 4.36. The number of benzene rings is 3. The highest BCUT2D eigenvalue weighted by molar-refractivity contribution is 7.87. The molecule has 0 radical (unpaired) electrons. The topological polar surface area (TPSA) is 94.8 Å². The van der Waals surface area contributed by atoms with Gasteiger partial charge in [0.15, 0.2) is 4.75 Å². The lowest BCUT2D eigenvalue weighted by molar-refractivity contribution is 0.416. The Morgan fingerprint density at radius 3 is 1.86 bits per heavy atom. The van der Waals surface area contributed by atoms with Gasteiger partial charge in [-0.05, 0) is 29.3 Å². The largest absolute Gasteiger partial charge is 0.507 e. The van der Waals surface area contributed by atoms with Crippen LogP contribution in [0.4, 0.5) is 0 Å². The van der Waals surface area contributed by atoms with E-state index in [1.807, 2.05) is 0 Å². The highest BCUT2D eigenvalue weighted by Gasteiger charge is 2.52. The van der Waals surface area contributed by atoms with Gasteiger partial charge in [-0.15, -0.1) is 0 Å². The van der Waals surface area contributed by atoms with Crippen molar-refractivity contribution in [3.63, 3.8) is 0 Å². The Morgan fingerprint density at radius 2 is 1.34 bits per heavy atom. The van der Waals surface area contributed by atoms with E-state index >= 15 is 0 Å². The molecule has 152 valence electrons. The predicted molar refractivity (Wildman–Crippen MR) is 114 cm³/mol. The Labute approximate surface area is 186 Å². The average Bonchev–Trinajstić information content (AvgIpc) is 2.62. The second-order valence-corrected chi connectivity index (χ2v) is 9.32. The van der Waals surface area contributed by atoms with Crippen LogP contribution in [-0.2, 0) is 14.9 Å². The molecule has 0 aliphatic carbocycles. The summed E-state index contributed by atoms with van der Waals surface area (Å²) in [7, 11) is -5.13. The summed E-state index contributed by atoms with van der Waals surface area (Å²) >= 11 is 24.1. The lowest BCUT2D eigenvalue weighted by Gasteiger charge is -2.34. The minimum Gasteiger partial charge on any atom is -0.507 e. The molecule has 3 aromatic rings. The van der Waals surface area contributed by atoms with Crippen LogP contribution < -0.4 is 0 Å². The van der Waals surface area contributed by atoms with Gasteiger partial charge in [0.05, 0.1) is 10.6 Å². The number of hydrogen-bond donors (Lipinski definition) is 3. The van der Waals surface area contributed by atoms with Crippen molar-refractivity contribution >= 4 is 56.5 Å². The lowest BCUT2D eigenvalue weighted by Crippen LogP contribution is -2.38. The normalized spacial score (nSPS) is 13.8. The Kier molecular flexibility index (Phi) is 5.98. The van der Waals surface area contributed by atoms with E-state index in [-0.39, 0.29) is 26.2 Å². The molecule has 5 nitrogen and oxygen atoms in total. The maximum Gasteiger partial charge on any atom is 0.283 e. The van der Waals surface area contributed by atoms with E-state index in [4.69, 9.17) is 46.4 Å². The maximum atomic E-state index is 12.9. The molecule has 0 saturated carbocycles. The van der Waals surface area contributed by atoms with Crippen LogP contribution in [0.15, 0.2) is 54.6 Å². The molecule has 3 rings (SSSR count). The van der Waals surface area contributed by atoms with Crippen molar-refractivity contribution in [3.05, 3.63) is 91.4 Å². The molecule has 29 heavy (non-hydrogen) atoms. The van der Waals surface area contributed by atoms with Gasteiger partial charge in [0.2, 0.25) is 0 Å². The molecule has 10 heteroatoms. The second-order valence-electron chi connectivity index (χ2n) is 6.10. The SMILES string of the molecule is O=S(=O)(O)C(c1ccccc1)(c1cc(Cl)cc(Cl)c1)c1c(O)cc(Cl)c(Cl)c1O. The minimum absolute atomic E-state index is 0.00942. The van der Waals surface area contributed by atoms with Crippen molar-refractivity contribution in [2.75, 3.05) is 0 Å². The molecule has 0 fully saturated rings. The molecular formula is C19H12Cl4O5S. The van der Waals surface area contributed by atoms with Crippen LogP contribution in [0.2, 0.25) is 20.1 Å². The number of halogens is 4. The summed E-state index contributed by atoms with van der Waals surface area (Å²) < 4.78 is 33.8. The van der Waals surface area contributed by atoms with E-state index in [1.165, 1.54) is 42.5 Å².